The minimum Gasteiger partial charge on any atom is -0.481 e. The van der Waals surface area contributed by atoms with E-state index < -0.39 is 11.9 Å². The van der Waals surface area contributed by atoms with Crippen LogP contribution in [0.25, 0.3) is 0 Å². The van der Waals surface area contributed by atoms with Crippen molar-refractivity contribution < 1.29 is 14.7 Å². The molecule has 1 unspecified atom stereocenters. The molecule has 1 N–H and O–H groups in total. The lowest BCUT2D eigenvalue weighted by Crippen LogP contribution is -2.50. The molecule has 1 saturated heterocycles. The Morgan fingerprint density at radius 3 is 3.00 bits per heavy atom. The number of aryl methyl sites for hydroxylation is 1. The second-order valence-corrected chi connectivity index (χ2v) is 7.87. The molecule has 0 aliphatic carbocycles. The maximum atomic E-state index is 12.9. The molecule has 6 heteroatoms. The monoisotopic (exact) mass is 325 g/mol. The van der Waals surface area contributed by atoms with Crippen LogP contribution in [0.2, 0.25) is 0 Å². The number of thioether (sulfide) groups is 1. The van der Waals surface area contributed by atoms with Crippen molar-refractivity contribution in [2.45, 2.75) is 37.5 Å². The number of hydrogen-bond acceptors (Lipinski definition) is 4. The number of carboxylic acid groups (broad SMARTS) is 1. The van der Waals surface area contributed by atoms with E-state index in [1.54, 1.807) is 28.0 Å². The Morgan fingerprint density at radius 1 is 1.43 bits per heavy atom. The van der Waals surface area contributed by atoms with Crippen LogP contribution in [0.15, 0.2) is 11.4 Å². The summed E-state index contributed by atoms with van der Waals surface area (Å²) in [7, 11) is 0. The molecule has 0 radical (unpaired) electrons. The molecule has 1 aromatic rings. The van der Waals surface area contributed by atoms with E-state index in [-0.39, 0.29) is 17.2 Å². The van der Waals surface area contributed by atoms with E-state index in [9.17, 15) is 14.7 Å². The van der Waals surface area contributed by atoms with Gasteiger partial charge in [-0.05, 0) is 48.9 Å². The number of hydrogen-bond donors (Lipinski definition) is 1. The normalized spacial score (nSPS) is 29.0. The molecule has 3 atom stereocenters. The van der Waals surface area contributed by atoms with Gasteiger partial charge in [0.15, 0.2) is 0 Å². The average molecular weight is 325 g/mol. The number of carbonyl (C=O) groups is 2. The van der Waals surface area contributed by atoms with Gasteiger partial charge < -0.3 is 10.0 Å². The molecule has 114 valence electrons. The molecule has 1 fully saturated rings. The summed E-state index contributed by atoms with van der Waals surface area (Å²) in [6.07, 6.45) is 2.48. The molecule has 0 saturated carbocycles. The van der Waals surface area contributed by atoms with Gasteiger partial charge in [-0.15, -0.1) is 23.1 Å². The molecule has 0 spiro atoms. The van der Waals surface area contributed by atoms with Gasteiger partial charge in [-0.1, -0.05) is 0 Å². The quantitative estimate of drug-likeness (QED) is 0.908. The first-order chi connectivity index (χ1) is 10.1. The summed E-state index contributed by atoms with van der Waals surface area (Å²) >= 11 is 3.41. The Hall–Kier alpha value is -1.01. The maximum absolute atomic E-state index is 12.9. The minimum atomic E-state index is -0.785. The van der Waals surface area contributed by atoms with E-state index >= 15 is 0 Å². The first kappa shape index (κ1) is 14.9. The second kappa shape index (κ2) is 6.01. The van der Waals surface area contributed by atoms with Crippen LogP contribution in [-0.2, 0) is 16.0 Å². The van der Waals surface area contributed by atoms with E-state index in [4.69, 9.17) is 0 Å². The summed E-state index contributed by atoms with van der Waals surface area (Å²) in [5, 5.41) is 11.2. The Bertz CT molecular complexity index is 557. The Morgan fingerprint density at radius 2 is 2.24 bits per heavy atom. The standard InChI is InChI=1S/C15H19NO3S2/c1-9-10(15(18)19)3-2-6-16(9)14(17)13-11-4-7-20-12(11)5-8-21-13/h4,7,9-10,13H,2-3,5-6,8H2,1H3,(H,18,19)/t9-,10-,13?/m1/s1. The van der Waals surface area contributed by atoms with Gasteiger partial charge >= 0.3 is 5.97 Å². The van der Waals surface area contributed by atoms with Crippen molar-refractivity contribution in [3.8, 4) is 0 Å². The lowest BCUT2D eigenvalue weighted by atomic mass is 9.90. The fourth-order valence-corrected chi connectivity index (χ4v) is 5.65. The lowest BCUT2D eigenvalue weighted by molar-refractivity contribution is -0.148. The van der Waals surface area contributed by atoms with Crippen molar-refractivity contribution in [2.75, 3.05) is 12.3 Å². The molecular weight excluding hydrogens is 306 g/mol. The summed E-state index contributed by atoms with van der Waals surface area (Å²) in [6, 6.07) is 1.84. The zero-order chi connectivity index (χ0) is 15.0. The topological polar surface area (TPSA) is 57.6 Å². The largest absolute Gasteiger partial charge is 0.481 e. The van der Waals surface area contributed by atoms with E-state index in [1.165, 1.54) is 4.88 Å². The molecule has 3 rings (SSSR count). The molecule has 1 amide bonds. The van der Waals surface area contributed by atoms with Gasteiger partial charge in [0, 0.05) is 17.5 Å². The molecule has 0 bridgehead atoms. The van der Waals surface area contributed by atoms with Crippen LogP contribution in [0.3, 0.4) is 0 Å². The average Bonchev–Trinajstić information content (AvgIpc) is 2.94. The highest BCUT2D eigenvalue weighted by Crippen LogP contribution is 2.41. The van der Waals surface area contributed by atoms with E-state index in [1.807, 2.05) is 6.92 Å². The van der Waals surface area contributed by atoms with Gasteiger partial charge in [0.2, 0.25) is 5.91 Å². The SMILES string of the molecule is C[C@@H]1[C@H](C(=O)O)CCCN1C(=O)C1SCCc2sccc21. The Balaban J connectivity index is 1.81. The summed E-state index contributed by atoms with van der Waals surface area (Å²) < 4.78 is 0. The van der Waals surface area contributed by atoms with E-state index in [0.29, 0.717) is 13.0 Å². The van der Waals surface area contributed by atoms with Crippen molar-refractivity contribution in [2.24, 2.45) is 5.92 Å². The molecule has 4 nitrogen and oxygen atoms in total. The molecule has 2 aliphatic heterocycles. The van der Waals surface area contributed by atoms with Crippen LogP contribution in [0.4, 0.5) is 0 Å². The van der Waals surface area contributed by atoms with E-state index in [0.717, 1.165) is 24.2 Å². The van der Waals surface area contributed by atoms with E-state index in [2.05, 4.69) is 11.4 Å². The van der Waals surface area contributed by atoms with Crippen molar-refractivity contribution in [1.29, 1.82) is 0 Å². The number of rotatable bonds is 2. The molecule has 1 aromatic heterocycles. The van der Waals surface area contributed by atoms with Crippen LogP contribution in [0.5, 0.6) is 0 Å². The Kier molecular flexibility index (Phi) is 4.26. The number of aliphatic carboxylic acids is 1. The van der Waals surface area contributed by atoms with Gasteiger partial charge in [0.1, 0.15) is 5.25 Å². The van der Waals surface area contributed by atoms with Crippen molar-refractivity contribution in [3.05, 3.63) is 21.9 Å². The third kappa shape index (κ3) is 2.71. The minimum absolute atomic E-state index is 0.0952. The number of carboxylic acids is 1. The smallest absolute Gasteiger partial charge is 0.308 e. The number of amides is 1. The molecular formula is C15H19NO3S2. The van der Waals surface area contributed by atoms with Crippen LogP contribution < -0.4 is 0 Å². The molecule has 3 heterocycles. The zero-order valence-electron chi connectivity index (χ0n) is 11.9. The molecule has 21 heavy (non-hydrogen) atoms. The summed E-state index contributed by atoms with van der Waals surface area (Å²) in [5.74, 6) is -0.155. The Labute approximate surface area is 132 Å². The van der Waals surface area contributed by atoms with Gasteiger partial charge in [-0.25, -0.2) is 0 Å². The fourth-order valence-electron chi connectivity index (χ4n) is 3.29. The first-order valence-corrected chi connectivity index (χ1v) is 9.23. The van der Waals surface area contributed by atoms with Gasteiger partial charge in [-0.2, -0.15) is 0 Å². The van der Waals surface area contributed by atoms with Gasteiger partial charge in [0.25, 0.3) is 0 Å². The van der Waals surface area contributed by atoms with Crippen LogP contribution in [-0.4, -0.2) is 40.2 Å². The number of fused-ring (bicyclic) bond motifs is 1. The fraction of sp³-hybridized carbons (Fsp3) is 0.600. The predicted octanol–water partition coefficient (Wildman–Crippen LogP) is 2.79. The molecule has 2 aliphatic rings. The third-order valence-electron chi connectivity index (χ3n) is 4.49. The first-order valence-electron chi connectivity index (χ1n) is 7.30. The number of piperidine rings is 1. The number of thiophene rings is 1. The summed E-state index contributed by atoms with van der Waals surface area (Å²) in [6.45, 7) is 2.55. The van der Waals surface area contributed by atoms with Crippen molar-refractivity contribution in [3.63, 3.8) is 0 Å². The number of nitrogens with zero attached hydrogens (tertiary/aromatic N) is 1. The zero-order valence-corrected chi connectivity index (χ0v) is 13.6. The van der Waals surface area contributed by atoms with Gasteiger partial charge in [-0.3, -0.25) is 9.59 Å². The predicted molar refractivity (Wildman–Crippen MR) is 84.8 cm³/mol. The van der Waals surface area contributed by atoms with Crippen LogP contribution in [0.1, 0.15) is 35.5 Å². The maximum Gasteiger partial charge on any atom is 0.308 e. The van der Waals surface area contributed by atoms with Crippen LogP contribution in [0, 0.1) is 5.92 Å². The molecule has 0 aromatic carbocycles. The van der Waals surface area contributed by atoms with Gasteiger partial charge in [0.05, 0.1) is 5.92 Å². The lowest BCUT2D eigenvalue weighted by Gasteiger charge is -2.39. The summed E-state index contributed by atoms with van der Waals surface area (Å²) in [5.41, 5.74) is 1.14. The third-order valence-corrected chi connectivity index (χ3v) is 6.71. The van der Waals surface area contributed by atoms with Crippen LogP contribution >= 0.6 is 23.1 Å². The number of likely N-dealkylation sites (tertiary alicyclic amines) is 1. The summed E-state index contributed by atoms with van der Waals surface area (Å²) in [4.78, 5) is 27.3. The number of carbonyl (C=O) groups excluding carboxylic acids is 1. The second-order valence-electron chi connectivity index (χ2n) is 5.66. The van der Waals surface area contributed by atoms with Crippen molar-refractivity contribution >= 4 is 35.0 Å². The highest BCUT2D eigenvalue weighted by molar-refractivity contribution is 8.00. The highest BCUT2D eigenvalue weighted by Gasteiger charge is 2.39. The van der Waals surface area contributed by atoms with Crippen molar-refractivity contribution in [1.82, 2.24) is 4.90 Å². The highest BCUT2D eigenvalue weighted by atomic mass is 32.2.